The second-order valence-corrected chi connectivity index (χ2v) is 8.24. The first-order valence-corrected chi connectivity index (χ1v) is 9.87. The van der Waals surface area contributed by atoms with Crippen molar-refractivity contribution in [3.05, 3.63) is 65.8 Å². The van der Waals surface area contributed by atoms with Gasteiger partial charge in [-0.2, -0.15) is 0 Å². The van der Waals surface area contributed by atoms with Crippen LogP contribution >= 0.6 is 0 Å². The van der Waals surface area contributed by atoms with Gasteiger partial charge in [0.05, 0.1) is 12.3 Å². The quantitative estimate of drug-likeness (QED) is 0.639. The summed E-state index contributed by atoms with van der Waals surface area (Å²) in [6, 6.07) is 12.0. The predicted molar refractivity (Wildman–Crippen MR) is 112 cm³/mol. The fourth-order valence-corrected chi connectivity index (χ4v) is 4.66. The lowest BCUT2D eigenvalue weighted by Crippen LogP contribution is -2.53. The van der Waals surface area contributed by atoms with E-state index in [9.17, 15) is 14.7 Å². The first-order valence-electron chi connectivity index (χ1n) is 9.87. The predicted octanol–water partition coefficient (Wildman–Crippen LogP) is 3.60. The van der Waals surface area contributed by atoms with Gasteiger partial charge in [0.2, 0.25) is 0 Å². The zero-order valence-corrected chi connectivity index (χ0v) is 17.0. The number of benzene rings is 2. The Morgan fingerprint density at radius 2 is 2.00 bits per heavy atom. The van der Waals surface area contributed by atoms with E-state index in [2.05, 4.69) is 12.6 Å². The van der Waals surface area contributed by atoms with E-state index in [-0.39, 0.29) is 18.6 Å². The molecule has 150 valence electrons. The Hall–Kier alpha value is -2.92. The maximum absolute atomic E-state index is 13.4. The topological polar surface area (TPSA) is 66.8 Å². The van der Waals surface area contributed by atoms with Crippen LogP contribution < -0.4 is 0 Å². The molecule has 1 amide bonds. The molecule has 0 fully saturated rings. The first kappa shape index (κ1) is 19.4. The van der Waals surface area contributed by atoms with Gasteiger partial charge in [0, 0.05) is 17.5 Å². The van der Waals surface area contributed by atoms with Gasteiger partial charge in [0.1, 0.15) is 5.57 Å². The summed E-state index contributed by atoms with van der Waals surface area (Å²) in [7, 11) is 0. The van der Waals surface area contributed by atoms with E-state index < -0.39 is 23.0 Å². The van der Waals surface area contributed by atoms with E-state index in [0.29, 0.717) is 12.1 Å². The molecule has 0 aromatic heterocycles. The lowest BCUT2D eigenvalue weighted by atomic mass is 9.81. The van der Waals surface area contributed by atoms with E-state index in [0.717, 1.165) is 21.9 Å². The first-order chi connectivity index (χ1) is 13.8. The third-order valence-electron chi connectivity index (χ3n) is 5.86. The Balaban J connectivity index is 2.10. The van der Waals surface area contributed by atoms with Crippen molar-refractivity contribution in [2.45, 2.75) is 44.8 Å². The number of nitrogens with zero attached hydrogens (tertiary/aromatic N) is 1. The Kier molecular flexibility index (Phi) is 4.39. The van der Waals surface area contributed by atoms with Crippen LogP contribution in [0.4, 0.5) is 0 Å². The van der Waals surface area contributed by atoms with E-state index >= 15 is 0 Å². The number of hydrogen-bond acceptors (Lipinski definition) is 4. The van der Waals surface area contributed by atoms with Crippen LogP contribution in [0, 0.1) is 0 Å². The van der Waals surface area contributed by atoms with Crippen LogP contribution in [0.3, 0.4) is 0 Å². The van der Waals surface area contributed by atoms with Crippen molar-refractivity contribution in [3.63, 3.8) is 0 Å². The molecule has 2 heterocycles. The van der Waals surface area contributed by atoms with Gasteiger partial charge in [0.25, 0.3) is 5.91 Å². The SMILES string of the molecule is C=CC[C@]1(O)C(=O)N2C(=C1C(=O)OCC)c1ccc3ccccc3c1CC2(C)C. The molecule has 2 aromatic carbocycles. The standard InChI is InChI=1S/C24H25NO4/c1-5-13-24(28)19(21(26)29-6-2)20-17-12-11-15-9-7-8-10-16(15)18(17)14-23(3,4)25(20)22(24)27/h5,7-12,28H,1,6,13-14H2,2-4H3/t24-/m1/s1. The van der Waals surface area contributed by atoms with Gasteiger partial charge in [-0.25, -0.2) is 4.79 Å². The third-order valence-corrected chi connectivity index (χ3v) is 5.86. The van der Waals surface area contributed by atoms with E-state index in [1.54, 1.807) is 11.8 Å². The molecule has 0 aliphatic carbocycles. The number of rotatable bonds is 4. The van der Waals surface area contributed by atoms with Crippen molar-refractivity contribution in [2.24, 2.45) is 0 Å². The average molecular weight is 391 g/mol. The Morgan fingerprint density at radius 3 is 2.69 bits per heavy atom. The Morgan fingerprint density at radius 1 is 1.28 bits per heavy atom. The largest absolute Gasteiger partial charge is 0.462 e. The van der Waals surface area contributed by atoms with Gasteiger partial charge in [-0.3, -0.25) is 4.79 Å². The van der Waals surface area contributed by atoms with Crippen LogP contribution in [0.15, 0.2) is 54.6 Å². The lowest BCUT2D eigenvalue weighted by molar-refractivity contribution is -0.150. The average Bonchev–Trinajstić information content (AvgIpc) is 2.90. The normalized spacial score (nSPS) is 22.5. The highest BCUT2D eigenvalue weighted by Crippen LogP contribution is 2.50. The van der Waals surface area contributed by atoms with Crippen molar-refractivity contribution in [1.82, 2.24) is 4.90 Å². The highest BCUT2D eigenvalue weighted by atomic mass is 16.5. The molecule has 0 spiro atoms. The summed E-state index contributed by atoms with van der Waals surface area (Å²) in [5.41, 5.74) is -0.277. The van der Waals surface area contributed by atoms with Gasteiger partial charge >= 0.3 is 5.97 Å². The molecule has 5 heteroatoms. The summed E-state index contributed by atoms with van der Waals surface area (Å²) in [6.07, 6.45) is 2.02. The fourth-order valence-electron chi connectivity index (χ4n) is 4.66. The van der Waals surface area contributed by atoms with Gasteiger partial charge in [-0.05, 0) is 43.5 Å². The van der Waals surface area contributed by atoms with Crippen molar-refractivity contribution < 1.29 is 19.4 Å². The second kappa shape index (κ2) is 6.56. The smallest absolute Gasteiger partial charge is 0.339 e. The van der Waals surface area contributed by atoms with Crippen molar-refractivity contribution in [1.29, 1.82) is 0 Å². The summed E-state index contributed by atoms with van der Waals surface area (Å²) < 4.78 is 5.27. The molecule has 0 unspecified atom stereocenters. The molecule has 4 rings (SSSR count). The molecule has 1 atom stereocenters. The maximum Gasteiger partial charge on any atom is 0.339 e. The Bertz CT molecular complexity index is 1080. The van der Waals surface area contributed by atoms with Crippen LogP contribution in [0.25, 0.3) is 16.5 Å². The van der Waals surface area contributed by atoms with Crippen molar-refractivity contribution in [2.75, 3.05) is 6.61 Å². The number of esters is 1. The lowest BCUT2D eigenvalue weighted by Gasteiger charge is -2.43. The number of amides is 1. The number of fused-ring (bicyclic) bond motifs is 5. The van der Waals surface area contributed by atoms with Crippen molar-refractivity contribution in [3.8, 4) is 0 Å². The molecule has 0 bridgehead atoms. The van der Waals surface area contributed by atoms with Gasteiger partial charge in [0.15, 0.2) is 5.60 Å². The number of carbonyl (C=O) groups excluding carboxylic acids is 2. The Labute approximate surface area is 170 Å². The minimum Gasteiger partial charge on any atom is -0.462 e. The van der Waals surface area contributed by atoms with Gasteiger partial charge in [-0.15, -0.1) is 6.58 Å². The highest BCUT2D eigenvalue weighted by molar-refractivity contribution is 6.16. The molecule has 2 aliphatic rings. The number of aliphatic hydroxyl groups is 1. The molecule has 29 heavy (non-hydrogen) atoms. The maximum atomic E-state index is 13.4. The summed E-state index contributed by atoms with van der Waals surface area (Å²) in [5.74, 6) is -1.17. The summed E-state index contributed by atoms with van der Waals surface area (Å²) in [6.45, 7) is 9.45. The fraction of sp³-hybridized carbons (Fsp3) is 0.333. The monoisotopic (exact) mass is 391 g/mol. The number of hydrogen-bond donors (Lipinski definition) is 1. The van der Waals surface area contributed by atoms with Crippen LogP contribution in [0.5, 0.6) is 0 Å². The molecule has 1 N–H and O–H groups in total. The van der Waals surface area contributed by atoms with E-state index in [1.807, 2.05) is 44.2 Å². The van der Waals surface area contributed by atoms with Crippen LogP contribution in [0.1, 0.15) is 38.3 Å². The highest BCUT2D eigenvalue weighted by Gasteiger charge is 2.59. The third kappa shape index (κ3) is 2.64. The van der Waals surface area contributed by atoms with E-state index in [4.69, 9.17) is 4.74 Å². The van der Waals surface area contributed by atoms with Crippen LogP contribution in [0.2, 0.25) is 0 Å². The van der Waals surface area contributed by atoms with Gasteiger partial charge in [-0.1, -0.05) is 42.5 Å². The molecule has 5 nitrogen and oxygen atoms in total. The molecule has 0 radical (unpaired) electrons. The second-order valence-electron chi connectivity index (χ2n) is 8.24. The zero-order valence-electron chi connectivity index (χ0n) is 17.0. The molecule has 2 aliphatic heterocycles. The minimum absolute atomic E-state index is 0.00792. The van der Waals surface area contributed by atoms with E-state index in [1.165, 1.54) is 6.08 Å². The summed E-state index contributed by atoms with van der Waals surface area (Å²) >= 11 is 0. The zero-order chi connectivity index (χ0) is 21.0. The summed E-state index contributed by atoms with van der Waals surface area (Å²) in [4.78, 5) is 28.0. The number of carbonyl (C=O) groups is 2. The molecular formula is C24H25NO4. The number of ether oxygens (including phenoxy) is 1. The molecule has 0 saturated heterocycles. The van der Waals surface area contributed by atoms with Crippen molar-refractivity contribution >= 4 is 28.3 Å². The molecule has 0 saturated carbocycles. The van der Waals surface area contributed by atoms with Crippen LogP contribution in [-0.4, -0.2) is 39.6 Å². The molecular weight excluding hydrogens is 366 g/mol. The van der Waals surface area contributed by atoms with Crippen LogP contribution in [-0.2, 0) is 20.7 Å². The molecule has 2 aromatic rings. The summed E-state index contributed by atoms with van der Waals surface area (Å²) in [5, 5.41) is 13.6. The van der Waals surface area contributed by atoms with Gasteiger partial charge < -0.3 is 14.7 Å². The minimum atomic E-state index is -1.98.